The summed E-state index contributed by atoms with van der Waals surface area (Å²) in [6.45, 7) is 0.603. The van der Waals surface area contributed by atoms with Gasteiger partial charge in [-0.2, -0.15) is 0 Å². The molecular weight excluding hydrogens is 190 g/mol. The van der Waals surface area contributed by atoms with Gasteiger partial charge in [0.15, 0.2) is 5.60 Å². The molecule has 1 radical (unpaired) electrons. The third-order valence-corrected chi connectivity index (χ3v) is 2.67. The number of hydrogen-bond donors (Lipinski definition) is 1. The lowest BCUT2D eigenvalue weighted by Crippen LogP contribution is -2.43. The Morgan fingerprint density at radius 3 is 2.67 bits per heavy atom. The maximum Gasteiger partial charge on any atom is 0.250 e. The van der Waals surface area contributed by atoms with Crippen LogP contribution in [-0.2, 0) is 9.53 Å². The normalized spacial score (nSPS) is 25.3. The Kier molecular flexibility index (Phi) is 2.73. The van der Waals surface area contributed by atoms with Gasteiger partial charge in [0.05, 0.1) is 0 Å². The van der Waals surface area contributed by atoms with Gasteiger partial charge < -0.3 is 10.5 Å². The van der Waals surface area contributed by atoms with Crippen LogP contribution < -0.4 is 5.73 Å². The number of primary amides is 1. The smallest absolute Gasteiger partial charge is 0.250 e. The molecule has 1 heterocycles. The number of benzene rings is 1. The van der Waals surface area contributed by atoms with E-state index in [4.69, 9.17) is 10.5 Å². The molecule has 1 amide bonds. The molecule has 1 aromatic rings. The van der Waals surface area contributed by atoms with E-state index in [2.05, 4.69) is 0 Å². The van der Waals surface area contributed by atoms with Crippen LogP contribution in [0.1, 0.15) is 18.4 Å². The fraction of sp³-hybridized carbons (Fsp3) is 0.333. The molecule has 1 atom stereocenters. The standard InChI is InChI=1S/C12H14NO2/c13-11(14)12(7-4-8-15-12)9-10-5-2-1-3-6-10/h1-3,5-6,9H,4,7-8H2,(H2,13,14). The van der Waals surface area contributed by atoms with Crippen molar-refractivity contribution in [3.05, 3.63) is 42.3 Å². The van der Waals surface area contributed by atoms with Crippen molar-refractivity contribution in [3.8, 4) is 0 Å². The monoisotopic (exact) mass is 204 g/mol. The summed E-state index contributed by atoms with van der Waals surface area (Å²) < 4.78 is 5.48. The summed E-state index contributed by atoms with van der Waals surface area (Å²) in [4.78, 5) is 11.4. The zero-order valence-corrected chi connectivity index (χ0v) is 8.48. The van der Waals surface area contributed by atoms with Crippen LogP contribution in [0.15, 0.2) is 30.3 Å². The Hall–Kier alpha value is -1.35. The van der Waals surface area contributed by atoms with E-state index < -0.39 is 11.5 Å². The predicted octanol–water partition coefficient (Wildman–Crippen LogP) is 1.27. The van der Waals surface area contributed by atoms with Gasteiger partial charge in [-0.15, -0.1) is 0 Å². The summed E-state index contributed by atoms with van der Waals surface area (Å²) in [5, 5.41) is 0. The van der Waals surface area contributed by atoms with Gasteiger partial charge in [0.25, 0.3) is 0 Å². The third kappa shape index (κ3) is 2.02. The van der Waals surface area contributed by atoms with Gasteiger partial charge in [-0.1, -0.05) is 30.3 Å². The van der Waals surface area contributed by atoms with Crippen LogP contribution in [-0.4, -0.2) is 18.1 Å². The highest BCUT2D eigenvalue weighted by Crippen LogP contribution is 2.30. The first-order valence-electron chi connectivity index (χ1n) is 5.08. The van der Waals surface area contributed by atoms with Crippen molar-refractivity contribution in [1.82, 2.24) is 0 Å². The van der Waals surface area contributed by atoms with Crippen molar-refractivity contribution in [1.29, 1.82) is 0 Å². The quantitative estimate of drug-likeness (QED) is 0.806. The first kappa shape index (κ1) is 10.2. The number of carbonyl (C=O) groups is 1. The molecule has 15 heavy (non-hydrogen) atoms. The van der Waals surface area contributed by atoms with Crippen molar-refractivity contribution in [2.24, 2.45) is 5.73 Å². The van der Waals surface area contributed by atoms with E-state index in [1.165, 1.54) is 0 Å². The maximum absolute atomic E-state index is 11.4. The van der Waals surface area contributed by atoms with Crippen LogP contribution in [0.25, 0.3) is 0 Å². The lowest BCUT2D eigenvalue weighted by Gasteiger charge is -2.24. The van der Waals surface area contributed by atoms with Crippen LogP contribution in [0, 0.1) is 6.42 Å². The van der Waals surface area contributed by atoms with Crippen LogP contribution in [0.3, 0.4) is 0 Å². The number of ether oxygens (including phenoxy) is 1. The molecule has 1 aromatic carbocycles. The molecule has 3 nitrogen and oxygen atoms in total. The third-order valence-electron chi connectivity index (χ3n) is 2.67. The Morgan fingerprint density at radius 2 is 2.13 bits per heavy atom. The lowest BCUT2D eigenvalue weighted by molar-refractivity contribution is -0.134. The number of amides is 1. The second kappa shape index (κ2) is 4.03. The van der Waals surface area contributed by atoms with E-state index in [9.17, 15) is 4.79 Å². The minimum Gasteiger partial charge on any atom is -0.367 e. The molecule has 1 fully saturated rings. The highest BCUT2D eigenvalue weighted by Gasteiger charge is 2.41. The number of carbonyl (C=O) groups excluding carboxylic acids is 1. The van der Waals surface area contributed by atoms with Crippen molar-refractivity contribution < 1.29 is 9.53 Å². The Labute approximate surface area is 89.2 Å². The van der Waals surface area contributed by atoms with Gasteiger partial charge in [0.1, 0.15) is 0 Å². The summed E-state index contributed by atoms with van der Waals surface area (Å²) in [6.07, 6.45) is 3.38. The highest BCUT2D eigenvalue weighted by molar-refractivity contribution is 5.86. The Bertz CT molecular complexity index is 342. The molecule has 0 spiro atoms. The van der Waals surface area contributed by atoms with Gasteiger partial charge in [-0.05, 0) is 18.4 Å². The molecule has 1 saturated heterocycles. The fourth-order valence-electron chi connectivity index (χ4n) is 1.86. The van der Waals surface area contributed by atoms with E-state index in [0.29, 0.717) is 13.0 Å². The first-order chi connectivity index (χ1) is 7.23. The summed E-state index contributed by atoms with van der Waals surface area (Å²) in [6, 6.07) is 9.66. The molecule has 1 aliphatic heterocycles. The van der Waals surface area contributed by atoms with Gasteiger partial charge >= 0.3 is 0 Å². The average Bonchev–Trinajstić information content (AvgIpc) is 2.69. The fourth-order valence-corrected chi connectivity index (χ4v) is 1.86. The number of rotatable bonds is 3. The zero-order valence-electron chi connectivity index (χ0n) is 8.48. The Balaban J connectivity index is 2.18. The van der Waals surface area contributed by atoms with Gasteiger partial charge in [-0.25, -0.2) is 0 Å². The number of nitrogens with two attached hydrogens (primary N) is 1. The highest BCUT2D eigenvalue weighted by atomic mass is 16.5. The van der Waals surface area contributed by atoms with E-state index in [1.54, 1.807) is 0 Å². The molecular formula is C12H14NO2. The number of hydrogen-bond acceptors (Lipinski definition) is 2. The van der Waals surface area contributed by atoms with Crippen LogP contribution in [0.4, 0.5) is 0 Å². The predicted molar refractivity (Wildman–Crippen MR) is 57.0 cm³/mol. The molecule has 0 aromatic heterocycles. The van der Waals surface area contributed by atoms with E-state index in [0.717, 1.165) is 12.0 Å². The van der Waals surface area contributed by atoms with Crippen molar-refractivity contribution in [2.45, 2.75) is 18.4 Å². The van der Waals surface area contributed by atoms with Gasteiger partial charge in [0.2, 0.25) is 5.91 Å². The molecule has 3 heteroatoms. The summed E-state index contributed by atoms with van der Waals surface area (Å²) >= 11 is 0. The molecule has 2 N–H and O–H groups in total. The minimum absolute atomic E-state index is 0.399. The second-order valence-corrected chi connectivity index (χ2v) is 3.76. The largest absolute Gasteiger partial charge is 0.367 e. The average molecular weight is 204 g/mol. The van der Waals surface area contributed by atoms with Crippen molar-refractivity contribution in [2.75, 3.05) is 6.61 Å². The SMILES string of the molecule is NC(=O)C1([CH]c2ccccc2)CCCO1. The van der Waals surface area contributed by atoms with E-state index in [-0.39, 0.29) is 0 Å². The van der Waals surface area contributed by atoms with Gasteiger partial charge in [0, 0.05) is 13.0 Å². The van der Waals surface area contributed by atoms with Crippen LogP contribution in [0.2, 0.25) is 0 Å². The molecule has 79 valence electrons. The molecule has 0 bridgehead atoms. The second-order valence-electron chi connectivity index (χ2n) is 3.76. The van der Waals surface area contributed by atoms with Crippen LogP contribution in [0.5, 0.6) is 0 Å². The molecule has 1 aliphatic rings. The topological polar surface area (TPSA) is 52.3 Å². The minimum atomic E-state index is -0.888. The molecule has 2 rings (SSSR count). The molecule has 0 saturated carbocycles. The van der Waals surface area contributed by atoms with Crippen molar-refractivity contribution >= 4 is 5.91 Å². The van der Waals surface area contributed by atoms with Crippen LogP contribution >= 0.6 is 0 Å². The van der Waals surface area contributed by atoms with Crippen molar-refractivity contribution in [3.63, 3.8) is 0 Å². The summed E-state index contributed by atoms with van der Waals surface area (Å²) in [5.41, 5.74) is 5.47. The Morgan fingerprint density at radius 1 is 1.40 bits per heavy atom. The summed E-state index contributed by atoms with van der Waals surface area (Å²) in [7, 11) is 0. The molecule has 0 aliphatic carbocycles. The summed E-state index contributed by atoms with van der Waals surface area (Å²) in [5.74, 6) is -0.399. The van der Waals surface area contributed by atoms with E-state index in [1.807, 2.05) is 36.8 Å². The lowest BCUT2D eigenvalue weighted by atomic mass is 9.91. The van der Waals surface area contributed by atoms with E-state index >= 15 is 0 Å². The first-order valence-corrected chi connectivity index (χ1v) is 5.08. The zero-order chi connectivity index (χ0) is 10.7. The van der Waals surface area contributed by atoms with Gasteiger partial charge in [-0.3, -0.25) is 4.79 Å². The molecule has 1 unspecified atom stereocenters. The maximum atomic E-state index is 11.4.